The minimum Gasteiger partial charge on any atom is -0.462 e. The van der Waals surface area contributed by atoms with Gasteiger partial charge in [-0.05, 0) is 6.92 Å². The maximum absolute atomic E-state index is 13.8. The third kappa shape index (κ3) is 3.02. The van der Waals surface area contributed by atoms with Crippen LogP contribution in [-0.2, 0) is 13.8 Å². The molecule has 0 N–H and O–H groups in total. The molecule has 0 radical (unpaired) electrons. The Hall–Kier alpha value is -1.81. The lowest BCUT2D eigenvalue weighted by Crippen LogP contribution is -2.14. The number of halogens is 3. The number of benzene rings is 1. The first-order chi connectivity index (χ1) is 9.11. The largest absolute Gasteiger partial charge is 0.462 e. The molecule has 0 atom stereocenters. The van der Waals surface area contributed by atoms with Crippen molar-refractivity contribution >= 4 is 31.4 Å². The van der Waals surface area contributed by atoms with Crippen LogP contribution in [-0.4, -0.2) is 25.9 Å². The van der Waals surface area contributed by atoms with E-state index in [2.05, 4.69) is 4.74 Å². The average Bonchev–Trinajstić information content (AvgIpc) is 2.26. The number of hydrogen-bond donors (Lipinski definition) is 0. The highest BCUT2D eigenvalue weighted by atomic mass is 35.7. The molecule has 0 amide bonds. The van der Waals surface area contributed by atoms with E-state index >= 15 is 0 Å². The topological polar surface area (TPSA) is 104 Å². The Balaban J connectivity index is 3.78. The first kappa shape index (κ1) is 16.2. The van der Waals surface area contributed by atoms with Gasteiger partial charge in [0.05, 0.1) is 11.5 Å². The zero-order chi connectivity index (χ0) is 15.7. The number of carbonyl (C=O) groups is 1. The van der Waals surface area contributed by atoms with Gasteiger partial charge in [0, 0.05) is 16.7 Å². The monoisotopic (exact) mass is 329 g/mol. The number of nitro benzene ring substituents is 1. The summed E-state index contributed by atoms with van der Waals surface area (Å²) in [6.45, 7) is 1.05. The molecule has 11 heteroatoms. The van der Waals surface area contributed by atoms with Crippen LogP contribution in [0.4, 0.5) is 14.5 Å². The van der Waals surface area contributed by atoms with E-state index in [0.29, 0.717) is 0 Å². The average molecular weight is 330 g/mol. The van der Waals surface area contributed by atoms with E-state index in [1.165, 1.54) is 6.92 Å². The zero-order valence-electron chi connectivity index (χ0n) is 9.72. The molecule has 1 rings (SSSR count). The molecular weight excluding hydrogens is 324 g/mol. The summed E-state index contributed by atoms with van der Waals surface area (Å²) in [7, 11) is 0.123. The molecule has 7 nitrogen and oxygen atoms in total. The Labute approximate surface area is 115 Å². The van der Waals surface area contributed by atoms with E-state index in [0.717, 1.165) is 0 Å². The fraction of sp³-hybridized carbons (Fsp3) is 0.222. The molecule has 0 fully saturated rings. The van der Waals surface area contributed by atoms with E-state index in [4.69, 9.17) is 10.7 Å². The van der Waals surface area contributed by atoms with E-state index in [1.54, 1.807) is 0 Å². The first-order valence-electron chi connectivity index (χ1n) is 4.89. The lowest BCUT2D eigenvalue weighted by Gasteiger charge is -2.07. The molecule has 0 aliphatic carbocycles. The third-order valence-corrected chi connectivity index (χ3v) is 3.41. The van der Waals surface area contributed by atoms with Gasteiger partial charge in [-0.2, -0.15) is 4.39 Å². The van der Waals surface area contributed by atoms with Crippen LogP contribution in [0.25, 0.3) is 0 Å². The van der Waals surface area contributed by atoms with Crippen molar-refractivity contribution in [1.82, 2.24) is 0 Å². The number of esters is 1. The zero-order valence-corrected chi connectivity index (χ0v) is 11.3. The van der Waals surface area contributed by atoms with Crippen LogP contribution in [0.1, 0.15) is 17.3 Å². The van der Waals surface area contributed by atoms with E-state index in [1.807, 2.05) is 0 Å². The molecule has 0 heterocycles. The lowest BCUT2D eigenvalue weighted by molar-refractivity contribution is -0.387. The van der Waals surface area contributed by atoms with Gasteiger partial charge in [0.1, 0.15) is 10.5 Å². The molecule has 110 valence electrons. The SMILES string of the molecule is CCOC(=O)c1c(F)c([N+](=O)[O-])cc(S(=O)(=O)Cl)c1F. The minimum absolute atomic E-state index is 0.0930. The second kappa shape index (κ2) is 5.67. The van der Waals surface area contributed by atoms with Crippen LogP contribution in [0.5, 0.6) is 0 Å². The molecule has 0 bridgehead atoms. The summed E-state index contributed by atoms with van der Waals surface area (Å²) in [5.74, 6) is -5.26. The molecule has 1 aromatic carbocycles. The summed E-state index contributed by atoms with van der Waals surface area (Å²) in [6.07, 6.45) is 0. The highest BCUT2D eigenvalue weighted by Crippen LogP contribution is 2.31. The predicted molar refractivity (Wildman–Crippen MR) is 62.0 cm³/mol. The van der Waals surface area contributed by atoms with Crippen molar-refractivity contribution in [2.45, 2.75) is 11.8 Å². The van der Waals surface area contributed by atoms with Crippen LogP contribution >= 0.6 is 10.7 Å². The Morgan fingerprint density at radius 3 is 2.40 bits per heavy atom. The maximum atomic E-state index is 13.8. The van der Waals surface area contributed by atoms with Crippen molar-refractivity contribution < 1.29 is 31.7 Å². The molecule has 0 aliphatic rings. The van der Waals surface area contributed by atoms with Gasteiger partial charge in [-0.3, -0.25) is 10.1 Å². The molecule has 1 aromatic rings. The normalized spacial score (nSPS) is 11.2. The molecular formula is C9H6ClF2NO6S. The summed E-state index contributed by atoms with van der Waals surface area (Å²) < 4.78 is 54.0. The highest BCUT2D eigenvalue weighted by Gasteiger charge is 2.34. The van der Waals surface area contributed by atoms with Crippen molar-refractivity contribution in [3.8, 4) is 0 Å². The Morgan fingerprint density at radius 1 is 1.45 bits per heavy atom. The van der Waals surface area contributed by atoms with Crippen molar-refractivity contribution in [2.24, 2.45) is 0 Å². The number of hydrogen-bond acceptors (Lipinski definition) is 6. The van der Waals surface area contributed by atoms with Gasteiger partial charge in [0.25, 0.3) is 9.05 Å². The summed E-state index contributed by atoms with van der Waals surface area (Å²) in [5.41, 5.74) is -2.89. The fourth-order valence-corrected chi connectivity index (χ4v) is 2.20. The second-order valence-corrected chi connectivity index (χ2v) is 5.85. The van der Waals surface area contributed by atoms with Crippen LogP contribution in [0.2, 0.25) is 0 Å². The molecule has 0 aromatic heterocycles. The molecule has 0 spiro atoms. The smallest absolute Gasteiger partial charge is 0.344 e. The summed E-state index contributed by atoms with van der Waals surface area (Å²) in [4.78, 5) is 19.3. The van der Waals surface area contributed by atoms with Crippen molar-refractivity contribution in [1.29, 1.82) is 0 Å². The molecule has 0 saturated carbocycles. The van der Waals surface area contributed by atoms with Crippen molar-refractivity contribution in [3.63, 3.8) is 0 Å². The molecule has 0 unspecified atom stereocenters. The highest BCUT2D eigenvalue weighted by molar-refractivity contribution is 8.13. The maximum Gasteiger partial charge on any atom is 0.344 e. The van der Waals surface area contributed by atoms with Crippen LogP contribution < -0.4 is 0 Å². The fourth-order valence-electron chi connectivity index (χ4n) is 1.29. The summed E-state index contributed by atoms with van der Waals surface area (Å²) >= 11 is 0. The molecule has 0 saturated heterocycles. The number of rotatable bonds is 4. The Kier molecular flexibility index (Phi) is 4.61. The van der Waals surface area contributed by atoms with Crippen molar-refractivity contribution in [2.75, 3.05) is 6.61 Å². The number of ether oxygens (including phenoxy) is 1. The number of nitro groups is 1. The standard InChI is InChI=1S/C9H6ClF2NO6S/c1-2-19-9(14)6-7(11)4(13(15)16)3-5(8(6)12)20(10,17)18/h3H,2H2,1H3. The van der Waals surface area contributed by atoms with Gasteiger partial charge in [0.2, 0.25) is 5.82 Å². The van der Waals surface area contributed by atoms with E-state index in [-0.39, 0.29) is 12.7 Å². The van der Waals surface area contributed by atoms with E-state index in [9.17, 15) is 32.1 Å². The first-order valence-corrected chi connectivity index (χ1v) is 7.20. The molecule has 0 aliphatic heterocycles. The predicted octanol–water partition coefficient (Wildman–Crippen LogP) is 1.98. The van der Waals surface area contributed by atoms with Gasteiger partial charge in [0.15, 0.2) is 5.82 Å². The second-order valence-electron chi connectivity index (χ2n) is 3.31. The minimum atomic E-state index is -4.76. The van der Waals surface area contributed by atoms with Gasteiger partial charge in [-0.15, -0.1) is 0 Å². The third-order valence-electron chi connectivity index (χ3n) is 2.09. The van der Waals surface area contributed by atoms with Gasteiger partial charge >= 0.3 is 11.7 Å². The van der Waals surface area contributed by atoms with Gasteiger partial charge in [-0.25, -0.2) is 17.6 Å². The molecule has 20 heavy (non-hydrogen) atoms. The Bertz CT molecular complexity index is 690. The van der Waals surface area contributed by atoms with Crippen molar-refractivity contribution in [3.05, 3.63) is 33.4 Å². The van der Waals surface area contributed by atoms with Gasteiger partial charge in [-0.1, -0.05) is 0 Å². The lowest BCUT2D eigenvalue weighted by atomic mass is 10.1. The number of carbonyl (C=O) groups excluding carboxylic acids is 1. The van der Waals surface area contributed by atoms with Crippen LogP contribution in [0.15, 0.2) is 11.0 Å². The van der Waals surface area contributed by atoms with Crippen LogP contribution in [0, 0.1) is 21.7 Å². The summed E-state index contributed by atoms with van der Waals surface area (Å²) in [6, 6.07) is 0.0930. The van der Waals surface area contributed by atoms with Crippen LogP contribution in [0.3, 0.4) is 0 Å². The van der Waals surface area contributed by atoms with Gasteiger partial charge < -0.3 is 4.74 Å². The number of nitrogens with zero attached hydrogens (tertiary/aromatic N) is 1. The Morgan fingerprint density at radius 2 is 2.00 bits per heavy atom. The summed E-state index contributed by atoms with van der Waals surface area (Å²) in [5, 5.41) is 10.6. The van der Waals surface area contributed by atoms with E-state index < -0.39 is 47.7 Å². The quantitative estimate of drug-likeness (QED) is 0.362.